The third-order valence-corrected chi connectivity index (χ3v) is 7.34. The number of anilines is 2. The smallest absolute Gasteiger partial charge is 0.270 e. The van der Waals surface area contributed by atoms with E-state index in [0.717, 1.165) is 41.2 Å². The molecule has 1 aromatic carbocycles. The molecule has 0 unspecified atom stereocenters. The first-order valence-electron chi connectivity index (χ1n) is 16.4. The monoisotopic (exact) mass is 657 g/mol. The number of hydrogen-bond donors (Lipinski definition) is 2. The van der Waals surface area contributed by atoms with Gasteiger partial charge in [0.15, 0.2) is 5.82 Å². The quantitative estimate of drug-likeness (QED) is 0.146. The molecule has 1 amide bonds. The van der Waals surface area contributed by atoms with Crippen molar-refractivity contribution in [3.63, 3.8) is 0 Å². The van der Waals surface area contributed by atoms with Crippen LogP contribution in [0.5, 0.6) is 5.75 Å². The number of benzene rings is 1. The third kappa shape index (κ3) is 12.6. The topological polar surface area (TPSA) is 129 Å². The molecule has 2 aromatic heterocycles. The summed E-state index contributed by atoms with van der Waals surface area (Å²) in [4.78, 5) is 25.3. The van der Waals surface area contributed by atoms with E-state index in [2.05, 4.69) is 40.1 Å². The van der Waals surface area contributed by atoms with E-state index in [1.54, 1.807) is 7.11 Å². The molecule has 0 spiro atoms. The molecule has 47 heavy (non-hydrogen) atoms. The molecule has 13 nitrogen and oxygen atoms in total. The van der Waals surface area contributed by atoms with E-state index in [0.29, 0.717) is 104 Å². The van der Waals surface area contributed by atoms with Crippen LogP contribution in [0.25, 0.3) is 10.9 Å². The number of aromatic nitrogens is 2. The first-order chi connectivity index (χ1) is 23.0. The molecule has 260 valence electrons. The molecule has 0 aliphatic carbocycles. The van der Waals surface area contributed by atoms with E-state index < -0.39 is 0 Å². The average Bonchev–Trinajstić information content (AvgIpc) is 3.51. The van der Waals surface area contributed by atoms with Crippen LogP contribution in [0, 0.1) is 0 Å². The van der Waals surface area contributed by atoms with Gasteiger partial charge in [0, 0.05) is 56.4 Å². The number of rotatable bonds is 23. The number of carbonyl (C=O) groups is 1. The van der Waals surface area contributed by atoms with Crippen molar-refractivity contribution < 1.29 is 38.0 Å². The van der Waals surface area contributed by atoms with Gasteiger partial charge in [-0.05, 0) is 50.2 Å². The molecule has 1 saturated heterocycles. The first kappa shape index (κ1) is 36.4. The highest BCUT2D eigenvalue weighted by Gasteiger charge is 2.25. The summed E-state index contributed by atoms with van der Waals surface area (Å²) in [6.45, 7) is 13.0. The second-order valence-corrected chi connectivity index (χ2v) is 11.3. The Balaban J connectivity index is 1.06. The van der Waals surface area contributed by atoms with Gasteiger partial charge >= 0.3 is 0 Å². The maximum Gasteiger partial charge on any atom is 0.270 e. The summed E-state index contributed by atoms with van der Waals surface area (Å²) in [7, 11) is 1.65. The molecular weight excluding hydrogens is 606 g/mol. The van der Waals surface area contributed by atoms with Gasteiger partial charge in [-0.3, -0.25) is 4.79 Å². The molecule has 1 aliphatic rings. The predicted octanol–water partition coefficient (Wildman–Crippen LogP) is 3.45. The molecule has 0 radical (unpaired) electrons. The number of hydrogen-bond acceptors (Lipinski definition) is 11. The molecule has 1 fully saturated rings. The normalized spacial score (nSPS) is 13.5. The summed E-state index contributed by atoms with van der Waals surface area (Å²) >= 11 is 0. The molecular formula is C34H51N5O8. The summed E-state index contributed by atoms with van der Waals surface area (Å²) in [6.07, 6.45) is 1.81. The van der Waals surface area contributed by atoms with Crippen LogP contribution in [-0.4, -0.2) is 139 Å². The van der Waals surface area contributed by atoms with Crippen molar-refractivity contribution in [1.82, 2.24) is 14.9 Å². The minimum Gasteiger partial charge on any atom is -0.491 e. The van der Waals surface area contributed by atoms with Crippen molar-refractivity contribution >= 4 is 28.3 Å². The van der Waals surface area contributed by atoms with E-state index in [1.165, 1.54) is 0 Å². The molecule has 4 rings (SSSR count). The van der Waals surface area contributed by atoms with Crippen LogP contribution in [0.2, 0.25) is 0 Å². The number of ether oxygens (including phenoxy) is 7. The second kappa shape index (κ2) is 20.7. The van der Waals surface area contributed by atoms with Crippen LogP contribution in [0.1, 0.15) is 24.3 Å². The lowest BCUT2D eigenvalue weighted by atomic mass is 10.2. The zero-order valence-electron chi connectivity index (χ0n) is 28.0. The maximum absolute atomic E-state index is 13.3. The maximum atomic E-state index is 13.3. The zero-order chi connectivity index (χ0) is 33.1. The number of pyridine rings is 1. The fourth-order valence-corrected chi connectivity index (χ4v) is 5.02. The van der Waals surface area contributed by atoms with Crippen molar-refractivity contribution in [3.8, 4) is 5.75 Å². The van der Waals surface area contributed by atoms with Crippen LogP contribution in [-0.2, 0) is 28.4 Å². The Kier molecular flexibility index (Phi) is 16.0. The molecule has 2 N–H and O–H groups in total. The molecule has 1 aliphatic heterocycles. The number of amides is 1. The van der Waals surface area contributed by atoms with Gasteiger partial charge in [0.05, 0.1) is 78.4 Å². The third-order valence-electron chi connectivity index (χ3n) is 7.34. The Morgan fingerprint density at radius 3 is 2.00 bits per heavy atom. The van der Waals surface area contributed by atoms with Gasteiger partial charge in [0.25, 0.3) is 5.91 Å². The Morgan fingerprint density at radius 1 is 0.809 bits per heavy atom. The summed E-state index contributed by atoms with van der Waals surface area (Å²) in [5.74, 6) is 1.66. The van der Waals surface area contributed by atoms with E-state index >= 15 is 0 Å². The number of methoxy groups -OCH3 is 1. The SMILES string of the molecule is COCCOCCOCCOCCOCCOCCOc1ccc2[nH]c(C(=O)N3CCN(c4ncccc4NC(C)C)CC3)cc2c1. The van der Waals surface area contributed by atoms with Crippen LogP contribution < -0.4 is 15.0 Å². The van der Waals surface area contributed by atoms with Crippen LogP contribution in [0.15, 0.2) is 42.6 Å². The molecule has 13 heteroatoms. The number of fused-ring (bicyclic) bond motifs is 1. The lowest BCUT2D eigenvalue weighted by Crippen LogP contribution is -2.49. The van der Waals surface area contributed by atoms with Crippen molar-refractivity contribution in [1.29, 1.82) is 0 Å². The van der Waals surface area contributed by atoms with Gasteiger partial charge in [-0.1, -0.05) is 0 Å². The number of H-pyrrole nitrogens is 1. The lowest BCUT2D eigenvalue weighted by molar-refractivity contribution is -0.0159. The van der Waals surface area contributed by atoms with E-state index in [9.17, 15) is 4.79 Å². The molecule has 3 aromatic rings. The number of nitrogens with zero attached hydrogens (tertiary/aromatic N) is 3. The fourth-order valence-electron chi connectivity index (χ4n) is 5.02. The van der Waals surface area contributed by atoms with Gasteiger partial charge in [-0.25, -0.2) is 4.98 Å². The fraction of sp³-hybridized carbons (Fsp3) is 0.588. The van der Waals surface area contributed by atoms with Gasteiger partial charge < -0.3 is 53.3 Å². The average molecular weight is 658 g/mol. The molecule has 0 bridgehead atoms. The Bertz CT molecular complexity index is 1310. The Hall–Kier alpha value is -3.46. The van der Waals surface area contributed by atoms with Gasteiger partial charge in [0.2, 0.25) is 0 Å². The standard InChI is InChI=1S/C34H51N5O8/c1-27(2)36-31-5-4-8-35-33(31)38-9-11-39(12-10-38)34(40)32-26-28-25-29(6-7-30(28)37-32)47-24-23-46-22-21-45-20-19-44-18-17-43-16-15-42-14-13-41-3/h4-8,25-27,36-37H,9-24H2,1-3H3. The van der Waals surface area contributed by atoms with E-state index in [4.69, 9.17) is 33.2 Å². The van der Waals surface area contributed by atoms with Gasteiger partial charge in [0.1, 0.15) is 18.1 Å². The highest BCUT2D eigenvalue weighted by atomic mass is 16.6. The van der Waals surface area contributed by atoms with Gasteiger partial charge in [-0.15, -0.1) is 0 Å². The van der Waals surface area contributed by atoms with Gasteiger partial charge in [-0.2, -0.15) is 0 Å². The number of piperazine rings is 1. The Labute approximate surface area is 277 Å². The van der Waals surface area contributed by atoms with Crippen molar-refractivity contribution in [3.05, 3.63) is 48.3 Å². The predicted molar refractivity (Wildman–Crippen MR) is 181 cm³/mol. The highest BCUT2D eigenvalue weighted by molar-refractivity contribution is 5.98. The van der Waals surface area contributed by atoms with Crippen molar-refractivity contribution in [2.24, 2.45) is 0 Å². The molecule has 3 heterocycles. The number of nitrogens with one attached hydrogen (secondary N) is 2. The second-order valence-electron chi connectivity index (χ2n) is 11.3. The number of carbonyl (C=O) groups excluding carboxylic acids is 1. The highest BCUT2D eigenvalue weighted by Crippen LogP contribution is 2.26. The van der Waals surface area contributed by atoms with Crippen LogP contribution in [0.4, 0.5) is 11.5 Å². The van der Waals surface area contributed by atoms with E-state index in [1.807, 2.05) is 41.4 Å². The first-order valence-corrected chi connectivity index (χ1v) is 16.4. The van der Waals surface area contributed by atoms with Crippen LogP contribution >= 0.6 is 0 Å². The molecule has 0 saturated carbocycles. The summed E-state index contributed by atoms with van der Waals surface area (Å²) < 4.78 is 38.1. The lowest BCUT2D eigenvalue weighted by Gasteiger charge is -2.36. The summed E-state index contributed by atoms with van der Waals surface area (Å²) in [5, 5.41) is 4.40. The summed E-state index contributed by atoms with van der Waals surface area (Å²) in [5.41, 5.74) is 2.49. The largest absolute Gasteiger partial charge is 0.491 e. The minimum atomic E-state index is -0.00311. The molecule has 0 atom stereocenters. The number of aromatic amines is 1. The summed E-state index contributed by atoms with van der Waals surface area (Å²) in [6, 6.07) is 12.0. The minimum absolute atomic E-state index is 0.00311. The van der Waals surface area contributed by atoms with Crippen molar-refractivity contribution in [2.75, 3.05) is 123 Å². The van der Waals surface area contributed by atoms with E-state index in [-0.39, 0.29) is 5.91 Å². The van der Waals surface area contributed by atoms with Crippen LogP contribution in [0.3, 0.4) is 0 Å². The van der Waals surface area contributed by atoms with Crippen molar-refractivity contribution in [2.45, 2.75) is 19.9 Å². The Morgan fingerprint density at radius 2 is 1.40 bits per heavy atom. The zero-order valence-corrected chi connectivity index (χ0v) is 28.0.